The molecule has 9 heteroatoms. The summed E-state index contributed by atoms with van der Waals surface area (Å²) in [6.07, 6.45) is 4.63. The molecule has 7 nitrogen and oxygen atoms in total. The Labute approximate surface area is 170 Å². The summed E-state index contributed by atoms with van der Waals surface area (Å²) in [5.74, 6) is -0.390. The number of likely N-dealkylation sites (N-methyl/N-ethyl adjacent to an activating group) is 1. The second-order valence-corrected chi connectivity index (χ2v) is 7.53. The molecule has 0 radical (unpaired) electrons. The number of hydrogen-bond donors (Lipinski definition) is 2. The highest BCUT2D eigenvalue weighted by atomic mass is 19.1. The summed E-state index contributed by atoms with van der Waals surface area (Å²) in [7, 11) is 7.66. The fourth-order valence-electron chi connectivity index (χ4n) is 3.66. The molecule has 0 aliphatic carbocycles. The molecule has 1 aromatic heterocycles. The summed E-state index contributed by atoms with van der Waals surface area (Å²) in [5.41, 5.74) is 1.16. The lowest BCUT2D eigenvalue weighted by Gasteiger charge is -2.25. The van der Waals surface area contributed by atoms with Crippen molar-refractivity contribution < 1.29 is 8.78 Å². The molecule has 1 fully saturated rings. The lowest BCUT2D eigenvalue weighted by Crippen LogP contribution is -2.46. The van der Waals surface area contributed by atoms with Gasteiger partial charge in [0.1, 0.15) is 17.3 Å². The van der Waals surface area contributed by atoms with Crippen molar-refractivity contribution in [2.75, 3.05) is 45.7 Å². The van der Waals surface area contributed by atoms with Crippen molar-refractivity contribution in [3.63, 3.8) is 0 Å². The lowest BCUT2D eigenvalue weighted by molar-refractivity contribution is 0.298. The topological polar surface area (TPSA) is 60.7 Å². The first kappa shape index (κ1) is 21.0. The Morgan fingerprint density at radius 1 is 1.34 bits per heavy atom. The number of aryl methyl sites for hydroxylation is 1. The molecule has 2 aromatic rings. The molecule has 1 aliphatic heterocycles. The van der Waals surface area contributed by atoms with Crippen LogP contribution in [0.1, 0.15) is 18.0 Å². The van der Waals surface area contributed by atoms with Gasteiger partial charge in [0.25, 0.3) is 0 Å². The maximum atomic E-state index is 14.1. The van der Waals surface area contributed by atoms with Gasteiger partial charge in [0.05, 0.1) is 12.2 Å². The third-order valence-corrected chi connectivity index (χ3v) is 5.20. The molecule has 29 heavy (non-hydrogen) atoms. The molecular formula is C20H29F2N7. The fourth-order valence-corrected chi connectivity index (χ4v) is 3.66. The number of anilines is 1. The van der Waals surface area contributed by atoms with Gasteiger partial charge in [-0.05, 0) is 32.6 Å². The largest absolute Gasteiger partial charge is 0.365 e. The number of rotatable bonds is 6. The van der Waals surface area contributed by atoms with E-state index in [1.54, 1.807) is 16.6 Å². The Bertz CT molecular complexity index is 829. The first-order valence-electron chi connectivity index (χ1n) is 9.70. The van der Waals surface area contributed by atoms with Crippen LogP contribution in [0, 0.1) is 11.6 Å². The zero-order valence-electron chi connectivity index (χ0n) is 17.4. The van der Waals surface area contributed by atoms with E-state index in [2.05, 4.69) is 25.6 Å². The highest BCUT2D eigenvalue weighted by molar-refractivity contribution is 5.80. The van der Waals surface area contributed by atoms with E-state index in [1.165, 1.54) is 18.2 Å². The molecule has 158 valence electrons. The first-order chi connectivity index (χ1) is 13.9. The van der Waals surface area contributed by atoms with Crippen molar-refractivity contribution in [3.05, 3.63) is 47.8 Å². The van der Waals surface area contributed by atoms with Crippen LogP contribution in [-0.2, 0) is 7.05 Å². The van der Waals surface area contributed by atoms with Crippen molar-refractivity contribution in [3.8, 4) is 0 Å². The Morgan fingerprint density at radius 3 is 2.66 bits per heavy atom. The van der Waals surface area contributed by atoms with Crippen LogP contribution in [0.25, 0.3) is 0 Å². The van der Waals surface area contributed by atoms with Gasteiger partial charge >= 0.3 is 0 Å². The van der Waals surface area contributed by atoms with Crippen LogP contribution in [0.15, 0.2) is 35.6 Å². The van der Waals surface area contributed by atoms with Crippen molar-refractivity contribution in [2.24, 2.45) is 12.0 Å². The SMILES string of the molecule is CN=C(NCC(c1cnn(C)c1)N(C)C)NC1CCN(c2c(F)cccc2F)C1. The first-order valence-corrected chi connectivity index (χ1v) is 9.70. The van der Waals surface area contributed by atoms with E-state index in [-0.39, 0.29) is 17.8 Å². The van der Waals surface area contributed by atoms with Gasteiger partial charge in [-0.1, -0.05) is 6.07 Å². The highest BCUT2D eigenvalue weighted by Crippen LogP contribution is 2.26. The quantitative estimate of drug-likeness (QED) is 0.566. The van der Waals surface area contributed by atoms with Crippen LogP contribution < -0.4 is 15.5 Å². The smallest absolute Gasteiger partial charge is 0.191 e. The lowest BCUT2D eigenvalue weighted by atomic mass is 10.1. The van der Waals surface area contributed by atoms with Crippen LogP contribution in [0.2, 0.25) is 0 Å². The number of aromatic nitrogens is 2. The van der Waals surface area contributed by atoms with E-state index >= 15 is 0 Å². The summed E-state index contributed by atoms with van der Waals surface area (Å²) >= 11 is 0. The van der Waals surface area contributed by atoms with E-state index in [0.29, 0.717) is 25.6 Å². The summed E-state index contributed by atoms with van der Waals surface area (Å²) in [6.45, 7) is 1.75. The number of hydrogen-bond acceptors (Lipinski definition) is 4. The second-order valence-electron chi connectivity index (χ2n) is 7.53. The van der Waals surface area contributed by atoms with Crippen LogP contribution in [0.4, 0.5) is 14.5 Å². The molecule has 1 aliphatic rings. The minimum absolute atomic E-state index is 0.0454. The van der Waals surface area contributed by atoms with Gasteiger partial charge in [-0.15, -0.1) is 0 Å². The third-order valence-electron chi connectivity index (χ3n) is 5.20. The van der Waals surface area contributed by atoms with E-state index in [9.17, 15) is 8.78 Å². The molecule has 0 saturated carbocycles. The summed E-state index contributed by atoms with van der Waals surface area (Å²) in [6, 6.07) is 4.15. The maximum absolute atomic E-state index is 14.1. The standard InChI is InChI=1S/C20H29F2N7/c1-23-20(24-11-18(27(2)3)14-10-25-28(4)12-14)26-15-8-9-29(13-15)19-16(21)6-5-7-17(19)22/h5-7,10,12,15,18H,8-9,11,13H2,1-4H3,(H2,23,24,26). The Kier molecular flexibility index (Phi) is 6.68. The molecule has 1 aromatic carbocycles. The van der Waals surface area contributed by atoms with Crippen LogP contribution in [0.5, 0.6) is 0 Å². The predicted octanol–water partition coefficient (Wildman–Crippen LogP) is 1.74. The number of halogens is 2. The average Bonchev–Trinajstić information content (AvgIpc) is 3.30. The van der Waals surface area contributed by atoms with Gasteiger partial charge in [-0.3, -0.25) is 9.67 Å². The number of para-hydroxylation sites is 1. The second kappa shape index (κ2) is 9.21. The minimum Gasteiger partial charge on any atom is -0.365 e. The average molecular weight is 405 g/mol. The zero-order chi connectivity index (χ0) is 21.0. The predicted molar refractivity (Wildman–Crippen MR) is 111 cm³/mol. The van der Waals surface area contributed by atoms with E-state index in [0.717, 1.165) is 12.0 Å². The van der Waals surface area contributed by atoms with Gasteiger partial charge in [0.15, 0.2) is 5.96 Å². The molecule has 2 unspecified atom stereocenters. The molecule has 0 spiro atoms. The number of nitrogens with zero attached hydrogens (tertiary/aromatic N) is 5. The van der Waals surface area contributed by atoms with Crippen molar-refractivity contribution >= 4 is 11.6 Å². The van der Waals surface area contributed by atoms with Crippen LogP contribution >= 0.6 is 0 Å². The number of nitrogens with one attached hydrogen (secondary N) is 2. The minimum atomic E-state index is -0.529. The van der Waals surface area contributed by atoms with Crippen molar-refractivity contribution in [1.82, 2.24) is 25.3 Å². The molecule has 3 rings (SSSR count). The van der Waals surface area contributed by atoms with Crippen LogP contribution in [0.3, 0.4) is 0 Å². The van der Waals surface area contributed by atoms with E-state index < -0.39 is 11.6 Å². The third kappa shape index (κ3) is 5.03. The number of aliphatic imine (C=N–C) groups is 1. The molecule has 2 atom stereocenters. The summed E-state index contributed by atoms with van der Waals surface area (Å²) < 4.78 is 29.9. The zero-order valence-corrected chi connectivity index (χ0v) is 17.4. The summed E-state index contributed by atoms with van der Waals surface area (Å²) in [4.78, 5) is 8.17. The maximum Gasteiger partial charge on any atom is 0.191 e. The molecule has 1 saturated heterocycles. The number of guanidine groups is 1. The van der Waals surface area contributed by atoms with Crippen molar-refractivity contribution in [2.45, 2.75) is 18.5 Å². The monoisotopic (exact) mass is 405 g/mol. The van der Waals surface area contributed by atoms with Gasteiger partial charge < -0.3 is 20.4 Å². The van der Waals surface area contributed by atoms with Gasteiger partial charge in [-0.25, -0.2) is 8.78 Å². The highest BCUT2D eigenvalue weighted by Gasteiger charge is 2.27. The fraction of sp³-hybridized carbons (Fsp3) is 0.500. The molecule has 2 heterocycles. The molecule has 0 bridgehead atoms. The van der Waals surface area contributed by atoms with Crippen molar-refractivity contribution in [1.29, 1.82) is 0 Å². The van der Waals surface area contributed by atoms with Gasteiger partial charge in [-0.2, -0.15) is 5.10 Å². The van der Waals surface area contributed by atoms with Gasteiger partial charge in [0.2, 0.25) is 0 Å². The van der Waals surface area contributed by atoms with E-state index in [4.69, 9.17) is 0 Å². The summed E-state index contributed by atoms with van der Waals surface area (Å²) in [5, 5.41) is 11.0. The van der Waals surface area contributed by atoms with E-state index in [1.807, 2.05) is 33.5 Å². The molecular weight excluding hydrogens is 376 g/mol. The Morgan fingerprint density at radius 2 is 2.07 bits per heavy atom. The normalized spacial score (nSPS) is 18.4. The van der Waals surface area contributed by atoms with Crippen LogP contribution in [-0.4, -0.2) is 67.5 Å². The Balaban J connectivity index is 1.58. The molecule has 0 amide bonds. The van der Waals surface area contributed by atoms with Gasteiger partial charge in [0, 0.05) is 51.5 Å². The molecule has 2 N–H and O–H groups in total. The Hall–Kier alpha value is -2.68. The number of benzene rings is 1.